The van der Waals surface area contributed by atoms with Crippen LogP contribution in [0, 0.1) is 5.82 Å². The minimum Gasteiger partial charge on any atom is -0.368 e. The number of nitrogens with zero attached hydrogens (tertiary/aromatic N) is 3. The molecule has 0 radical (unpaired) electrons. The third-order valence-electron chi connectivity index (χ3n) is 8.19. The van der Waals surface area contributed by atoms with Gasteiger partial charge in [-0.2, -0.15) is 0 Å². The average Bonchev–Trinajstić information content (AvgIpc) is 3.48. The molecule has 0 saturated carbocycles. The fraction of sp³-hybridized carbons (Fsp3) is 0.233. The molecular formula is C30H25ClFN5O6S. The van der Waals surface area contributed by atoms with Crippen LogP contribution in [0.25, 0.3) is 11.1 Å². The van der Waals surface area contributed by atoms with E-state index in [2.05, 4.69) is 10.3 Å². The van der Waals surface area contributed by atoms with E-state index in [1.807, 2.05) is 6.07 Å². The monoisotopic (exact) mass is 637 g/mol. The molecule has 2 aromatic heterocycles. The lowest BCUT2D eigenvalue weighted by Gasteiger charge is -2.21. The van der Waals surface area contributed by atoms with Gasteiger partial charge in [0.15, 0.2) is 0 Å². The number of halogens is 2. The van der Waals surface area contributed by atoms with Gasteiger partial charge in [-0.25, -0.2) is 22.6 Å². The first-order valence-electron chi connectivity index (χ1n) is 13.5. The zero-order valence-electron chi connectivity index (χ0n) is 23.2. The number of carbonyl (C=O) groups is 2. The summed E-state index contributed by atoms with van der Waals surface area (Å²) in [6.45, 7) is -0.530. The fourth-order valence-corrected chi connectivity index (χ4v) is 6.82. The SMILES string of the molecule is CS(=O)(=O)CCn1c(=O)c(-c2cccc(F)c2Cl)cn(C(C(N)=O)c2ccc3c(c2)C[C@@]2(C3)C(=O)Nc3ncccc32)c1=O. The molecule has 2 aromatic carbocycles. The Bertz CT molecular complexity index is 2130. The van der Waals surface area contributed by atoms with Crippen LogP contribution in [0.1, 0.15) is 28.3 Å². The van der Waals surface area contributed by atoms with E-state index in [-0.39, 0.29) is 17.0 Å². The number of fused-ring (bicyclic) bond motifs is 3. The lowest BCUT2D eigenvalue weighted by molar-refractivity contribution is -0.121. The zero-order valence-corrected chi connectivity index (χ0v) is 24.8. The number of aromatic nitrogens is 3. The first-order valence-corrected chi connectivity index (χ1v) is 15.9. The van der Waals surface area contributed by atoms with Crippen LogP contribution >= 0.6 is 11.6 Å². The van der Waals surface area contributed by atoms with Gasteiger partial charge in [-0.3, -0.25) is 23.5 Å². The van der Waals surface area contributed by atoms with Crippen molar-refractivity contribution in [3.8, 4) is 11.1 Å². The average molecular weight is 638 g/mol. The molecule has 1 aliphatic carbocycles. The van der Waals surface area contributed by atoms with Gasteiger partial charge < -0.3 is 11.1 Å². The van der Waals surface area contributed by atoms with Gasteiger partial charge in [0.25, 0.3) is 5.56 Å². The van der Waals surface area contributed by atoms with Crippen LogP contribution in [0.5, 0.6) is 0 Å². The smallest absolute Gasteiger partial charge is 0.332 e. The molecule has 44 heavy (non-hydrogen) atoms. The molecule has 1 spiro atoms. The van der Waals surface area contributed by atoms with Crippen molar-refractivity contribution in [2.45, 2.75) is 30.8 Å². The van der Waals surface area contributed by atoms with Crippen molar-refractivity contribution in [2.75, 3.05) is 17.3 Å². The van der Waals surface area contributed by atoms with Crippen LogP contribution in [0.15, 0.2) is 70.5 Å². The van der Waals surface area contributed by atoms with Crippen molar-refractivity contribution in [2.24, 2.45) is 5.73 Å². The predicted molar refractivity (Wildman–Crippen MR) is 161 cm³/mol. The van der Waals surface area contributed by atoms with E-state index in [0.29, 0.717) is 28.8 Å². The van der Waals surface area contributed by atoms with Crippen molar-refractivity contribution >= 4 is 39.1 Å². The Kier molecular flexibility index (Phi) is 7.05. The van der Waals surface area contributed by atoms with Crippen LogP contribution in [-0.4, -0.2) is 46.4 Å². The van der Waals surface area contributed by atoms with Crippen LogP contribution in [0.3, 0.4) is 0 Å². The molecule has 1 unspecified atom stereocenters. The maximum absolute atomic E-state index is 14.4. The number of anilines is 1. The number of nitrogens with two attached hydrogens (primary N) is 1. The molecule has 0 saturated heterocycles. The van der Waals surface area contributed by atoms with Crippen molar-refractivity contribution < 1.29 is 22.4 Å². The number of benzene rings is 2. The van der Waals surface area contributed by atoms with Crippen molar-refractivity contribution in [3.05, 3.63) is 115 Å². The molecule has 0 bridgehead atoms. The summed E-state index contributed by atoms with van der Waals surface area (Å²) in [5, 5.41) is 2.44. The predicted octanol–water partition coefficient (Wildman–Crippen LogP) is 1.97. The molecule has 14 heteroatoms. The van der Waals surface area contributed by atoms with E-state index in [1.165, 1.54) is 12.1 Å². The third-order valence-corrected chi connectivity index (χ3v) is 9.50. The van der Waals surface area contributed by atoms with E-state index < -0.39 is 61.6 Å². The lowest BCUT2D eigenvalue weighted by Crippen LogP contribution is -2.45. The summed E-state index contributed by atoms with van der Waals surface area (Å²) in [7, 11) is -3.62. The minimum atomic E-state index is -3.62. The second-order valence-electron chi connectivity index (χ2n) is 11.0. The summed E-state index contributed by atoms with van der Waals surface area (Å²) in [6, 6.07) is 11.0. The Morgan fingerprint density at radius 2 is 1.86 bits per heavy atom. The third kappa shape index (κ3) is 4.81. The molecule has 2 atom stereocenters. The van der Waals surface area contributed by atoms with E-state index in [9.17, 15) is 32.0 Å². The molecule has 6 rings (SSSR count). The first-order chi connectivity index (χ1) is 20.8. The molecule has 3 heterocycles. The highest BCUT2D eigenvalue weighted by molar-refractivity contribution is 7.90. The van der Waals surface area contributed by atoms with Crippen LogP contribution in [0.2, 0.25) is 5.02 Å². The summed E-state index contributed by atoms with van der Waals surface area (Å²) in [6.07, 6.45) is 4.32. The lowest BCUT2D eigenvalue weighted by atomic mass is 9.79. The van der Waals surface area contributed by atoms with E-state index >= 15 is 0 Å². The molecule has 3 N–H and O–H groups in total. The van der Waals surface area contributed by atoms with Gasteiger partial charge >= 0.3 is 5.69 Å². The molecule has 2 amide bonds. The number of rotatable bonds is 7. The Morgan fingerprint density at radius 3 is 2.59 bits per heavy atom. The minimum absolute atomic E-state index is 0.0582. The van der Waals surface area contributed by atoms with Crippen LogP contribution in [-0.2, 0) is 44.2 Å². The Morgan fingerprint density at radius 1 is 1.11 bits per heavy atom. The number of hydrogen-bond donors (Lipinski definition) is 2. The summed E-state index contributed by atoms with van der Waals surface area (Å²) in [4.78, 5) is 57.7. The Balaban J connectivity index is 1.50. The molecule has 2 aliphatic rings. The summed E-state index contributed by atoms with van der Waals surface area (Å²) in [5.74, 6) is -2.02. The fourth-order valence-electron chi connectivity index (χ4n) is 6.08. The molecule has 226 valence electrons. The summed E-state index contributed by atoms with van der Waals surface area (Å²) in [5.41, 5.74) is 5.44. The number of carbonyl (C=O) groups excluding carboxylic acids is 2. The highest BCUT2D eigenvalue weighted by Gasteiger charge is 2.51. The van der Waals surface area contributed by atoms with Crippen molar-refractivity contribution in [1.29, 1.82) is 0 Å². The second-order valence-corrected chi connectivity index (χ2v) is 13.7. The zero-order chi connectivity index (χ0) is 31.6. The van der Waals surface area contributed by atoms with Crippen molar-refractivity contribution in [1.82, 2.24) is 14.1 Å². The van der Waals surface area contributed by atoms with Crippen LogP contribution < -0.4 is 22.3 Å². The van der Waals surface area contributed by atoms with Gasteiger partial charge in [-0.05, 0) is 41.7 Å². The quantitative estimate of drug-likeness (QED) is 0.313. The topological polar surface area (TPSA) is 163 Å². The van der Waals surface area contributed by atoms with Gasteiger partial charge in [0.2, 0.25) is 11.8 Å². The molecular weight excluding hydrogens is 613 g/mol. The molecule has 1 aliphatic heterocycles. The standard InChI is InChI=1S/C30H25ClFN5O6S/c1-44(42,43)11-10-36-27(39)20(19-4-2-6-22(32)23(19)31)15-37(29(36)41)24(25(33)38)16-7-8-17-13-30(14-18(17)12-16)21-5-3-9-34-26(21)35-28(30)40/h2-9,12,15,24H,10-11,13-14H2,1H3,(H2,33,38)(H,34,35,40)/t24?,30-/m1/s1. The number of nitrogens with one attached hydrogen (secondary N) is 1. The number of amides is 2. The van der Waals surface area contributed by atoms with Gasteiger partial charge in [-0.15, -0.1) is 0 Å². The van der Waals surface area contributed by atoms with E-state index in [1.54, 1.807) is 30.5 Å². The van der Waals surface area contributed by atoms with Gasteiger partial charge in [0.05, 0.1) is 21.8 Å². The number of hydrogen-bond acceptors (Lipinski definition) is 7. The number of primary amides is 1. The normalized spacial score (nSPS) is 17.8. The highest BCUT2D eigenvalue weighted by Crippen LogP contribution is 2.47. The Labute approximate surface area is 255 Å². The summed E-state index contributed by atoms with van der Waals surface area (Å²) >= 11 is 6.19. The second kappa shape index (κ2) is 10.5. The first kappa shape index (κ1) is 29.5. The Hall–Kier alpha value is -4.62. The van der Waals surface area contributed by atoms with Gasteiger partial charge in [0.1, 0.15) is 27.5 Å². The highest BCUT2D eigenvalue weighted by atomic mass is 35.5. The summed E-state index contributed by atoms with van der Waals surface area (Å²) < 4.78 is 39.9. The van der Waals surface area contributed by atoms with Gasteiger partial charge in [-0.1, -0.05) is 48.0 Å². The largest absolute Gasteiger partial charge is 0.368 e. The number of pyridine rings is 1. The maximum atomic E-state index is 14.4. The maximum Gasteiger partial charge on any atom is 0.332 e. The van der Waals surface area contributed by atoms with Crippen molar-refractivity contribution in [3.63, 3.8) is 0 Å². The van der Waals surface area contributed by atoms with E-state index in [0.717, 1.165) is 39.8 Å². The molecule has 0 fully saturated rings. The molecule has 4 aromatic rings. The molecule has 11 nitrogen and oxygen atoms in total. The van der Waals surface area contributed by atoms with Crippen LogP contribution in [0.4, 0.5) is 10.2 Å². The van der Waals surface area contributed by atoms with Gasteiger partial charge in [0, 0.05) is 36.3 Å². The number of sulfone groups is 1. The van der Waals surface area contributed by atoms with E-state index in [4.69, 9.17) is 17.3 Å².